The highest BCUT2D eigenvalue weighted by Crippen LogP contribution is 2.77. The molecule has 5 nitrogen and oxygen atoms in total. The first-order valence-corrected chi connectivity index (χ1v) is 9.08. The highest BCUT2D eigenvalue weighted by molar-refractivity contribution is 5.84. The van der Waals surface area contributed by atoms with Gasteiger partial charge in [-0.2, -0.15) is 0 Å². The number of hydrogen-bond acceptors (Lipinski definition) is 4. The first-order valence-electron chi connectivity index (χ1n) is 9.08. The summed E-state index contributed by atoms with van der Waals surface area (Å²) in [6.45, 7) is 6.07. The molecular weight excluding hydrogens is 308 g/mol. The van der Waals surface area contributed by atoms with E-state index in [2.05, 4.69) is 6.58 Å². The average Bonchev–Trinajstić information content (AvgIpc) is 2.92. The highest BCUT2D eigenvalue weighted by atomic mass is 16.6. The molecule has 1 saturated heterocycles. The van der Waals surface area contributed by atoms with Crippen LogP contribution in [0, 0.1) is 34.5 Å². The van der Waals surface area contributed by atoms with Gasteiger partial charge in [0.2, 0.25) is 0 Å². The summed E-state index contributed by atoms with van der Waals surface area (Å²) in [6, 6.07) is 0. The monoisotopic (exact) mass is 332 g/mol. The molecule has 130 valence electrons. The van der Waals surface area contributed by atoms with Crippen molar-refractivity contribution in [3.8, 4) is 0 Å². The van der Waals surface area contributed by atoms with Crippen molar-refractivity contribution < 1.29 is 24.5 Å². The molecule has 1 aliphatic heterocycles. The van der Waals surface area contributed by atoms with Gasteiger partial charge < -0.3 is 14.9 Å². The smallest absolute Gasteiger partial charge is 0.312 e. The topological polar surface area (TPSA) is 83.8 Å². The Hall–Kier alpha value is -1.36. The molecule has 5 aliphatic rings. The van der Waals surface area contributed by atoms with Crippen LogP contribution in [0.25, 0.3) is 0 Å². The maximum Gasteiger partial charge on any atom is 0.312 e. The highest BCUT2D eigenvalue weighted by Gasteiger charge is 2.83. The second-order valence-electron chi connectivity index (χ2n) is 9.16. The maximum absolute atomic E-state index is 12.7. The van der Waals surface area contributed by atoms with Crippen LogP contribution in [0.3, 0.4) is 0 Å². The molecule has 8 atom stereocenters. The lowest BCUT2D eigenvalue weighted by molar-refractivity contribution is -0.168. The Balaban J connectivity index is 1.78. The first-order chi connectivity index (χ1) is 11.3. The van der Waals surface area contributed by atoms with Crippen LogP contribution in [0.4, 0.5) is 0 Å². The number of hydrogen-bond donors (Lipinski definition) is 2. The van der Waals surface area contributed by atoms with E-state index in [1.807, 2.05) is 6.92 Å². The molecule has 1 heterocycles. The molecule has 5 heteroatoms. The molecule has 4 saturated carbocycles. The molecule has 0 unspecified atom stereocenters. The summed E-state index contributed by atoms with van der Waals surface area (Å²) in [5.74, 6) is -2.10. The van der Waals surface area contributed by atoms with E-state index in [0.29, 0.717) is 25.7 Å². The van der Waals surface area contributed by atoms with Crippen LogP contribution in [0.15, 0.2) is 12.2 Å². The molecule has 0 amide bonds. The fraction of sp³-hybridized carbons (Fsp3) is 0.789. The second-order valence-corrected chi connectivity index (χ2v) is 9.16. The molecule has 4 bridgehead atoms. The van der Waals surface area contributed by atoms with Crippen molar-refractivity contribution >= 4 is 11.9 Å². The van der Waals surface area contributed by atoms with E-state index in [9.17, 15) is 19.8 Å². The van der Waals surface area contributed by atoms with E-state index in [4.69, 9.17) is 4.74 Å². The van der Waals surface area contributed by atoms with Crippen molar-refractivity contribution in [2.24, 2.45) is 34.5 Å². The zero-order valence-electron chi connectivity index (χ0n) is 14.0. The minimum Gasteiger partial charge on any atom is -0.481 e. The number of aliphatic hydroxyl groups is 1. The van der Waals surface area contributed by atoms with Crippen LogP contribution < -0.4 is 0 Å². The normalized spacial score (nSPS) is 57.5. The Kier molecular flexibility index (Phi) is 2.53. The van der Waals surface area contributed by atoms with Crippen molar-refractivity contribution in [2.45, 2.75) is 57.2 Å². The average molecular weight is 332 g/mol. The van der Waals surface area contributed by atoms with E-state index in [-0.39, 0.29) is 23.7 Å². The lowest BCUT2D eigenvalue weighted by Gasteiger charge is -2.46. The van der Waals surface area contributed by atoms with Gasteiger partial charge in [-0.25, -0.2) is 0 Å². The minimum absolute atomic E-state index is 0.205. The largest absolute Gasteiger partial charge is 0.481 e. The van der Waals surface area contributed by atoms with Gasteiger partial charge >= 0.3 is 11.9 Å². The Morgan fingerprint density at radius 1 is 1.33 bits per heavy atom. The predicted molar refractivity (Wildman–Crippen MR) is 83.8 cm³/mol. The number of rotatable bonds is 1. The van der Waals surface area contributed by atoms with Gasteiger partial charge in [0.25, 0.3) is 0 Å². The SMILES string of the molecule is C=C1C[C@]23C[C@H]1C[C@H](O)[C@H]2[C@@]12CCC[C@](C)(C(=O)O1)[C@H]2[C@@H]3C(=O)O. The lowest BCUT2D eigenvalue weighted by Crippen LogP contribution is -2.51. The van der Waals surface area contributed by atoms with Crippen LogP contribution in [-0.4, -0.2) is 33.9 Å². The van der Waals surface area contributed by atoms with Gasteiger partial charge in [-0.1, -0.05) is 12.2 Å². The Morgan fingerprint density at radius 2 is 2.08 bits per heavy atom. The van der Waals surface area contributed by atoms with E-state index in [1.165, 1.54) is 0 Å². The molecule has 5 fully saturated rings. The number of aliphatic carboxylic acids is 1. The van der Waals surface area contributed by atoms with E-state index < -0.39 is 34.4 Å². The number of allylic oxidation sites excluding steroid dienone is 1. The molecule has 1 spiro atoms. The molecular formula is C19H24O5. The molecule has 5 rings (SSSR count). The minimum atomic E-state index is -0.833. The molecule has 0 radical (unpaired) electrons. The van der Waals surface area contributed by atoms with Gasteiger partial charge in [-0.3, -0.25) is 9.59 Å². The zero-order chi connectivity index (χ0) is 17.1. The number of esters is 1. The van der Waals surface area contributed by atoms with Crippen LogP contribution in [0.2, 0.25) is 0 Å². The number of fused-ring (bicyclic) bond motifs is 1. The number of carboxylic acid groups (broad SMARTS) is 1. The molecule has 0 aromatic rings. The number of carbonyl (C=O) groups excluding carboxylic acids is 1. The van der Waals surface area contributed by atoms with Crippen molar-refractivity contribution in [3.63, 3.8) is 0 Å². The van der Waals surface area contributed by atoms with Gasteiger partial charge in [0.1, 0.15) is 5.60 Å². The van der Waals surface area contributed by atoms with Crippen LogP contribution in [0.5, 0.6) is 0 Å². The third kappa shape index (κ3) is 1.32. The predicted octanol–water partition coefficient (Wildman–Crippen LogP) is 2.14. The van der Waals surface area contributed by atoms with Crippen LogP contribution >= 0.6 is 0 Å². The van der Waals surface area contributed by atoms with E-state index in [1.54, 1.807) is 0 Å². The fourth-order valence-electron chi connectivity index (χ4n) is 7.78. The standard InChI is InChI=1S/C19H24O5/c1-9-7-18-8-10(9)6-11(20)13(18)19-5-3-4-17(2,16(23)24-19)14(19)12(18)15(21)22/h10-14,20H,1,3-8H2,2H3,(H,21,22)/t10-,11+,12-,13-,14-,17+,18-,19-/m1/s1. The van der Waals surface area contributed by atoms with Crippen molar-refractivity contribution in [2.75, 3.05) is 0 Å². The Bertz CT molecular complexity index is 685. The molecule has 24 heavy (non-hydrogen) atoms. The van der Waals surface area contributed by atoms with Gasteiger partial charge in [0, 0.05) is 11.8 Å². The molecule has 0 aromatic heterocycles. The third-order valence-corrected chi connectivity index (χ3v) is 8.26. The number of ether oxygens (including phenoxy) is 1. The summed E-state index contributed by atoms with van der Waals surface area (Å²) in [5.41, 5.74) is -0.943. The lowest BCUT2D eigenvalue weighted by atomic mass is 9.60. The Morgan fingerprint density at radius 3 is 2.79 bits per heavy atom. The molecule has 2 N–H and O–H groups in total. The second kappa shape index (κ2) is 4.06. The van der Waals surface area contributed by atoms with Crippen LogP contribution in [-0.2, 0) is 14.3 Å². The summed E-state index contributed by atoms with van der Waals surface area (Å²) in [5, 5.41) is 21.1. The van der Waals surface area contributed by atoms with Crippen LogP contribution in [0.1, 0.15) is 45.4 Å². The number of carbonyl (C=O) groups is 2. The van der Waals surface area contributed by atoms with E-state index in [0.717, 1.165) is 18.4 Å². The van der Waals surface area contributed by atoms with E-state index >= 15 is 0 Å². The fourth-order valence-corrected chi connectivity index (χ4v) is 7.78. The van der Waals surface area contributed by atoms with Gasteiger partial charge in [0.15, 0.2) is 0 Å². The quantitative estimate of drug-likeness (QED) is 0.568. The first kappa shape index (κ1) is 14.9. The summed E-state index contributed by atoms with van der Waals surface area (Å²) in [7, 11) is 0. The summed E-state index contributed by atoms with van der Waals surface area (Å²) >= 11 is 0. The van der Waals surface area contributed by atoms with Crippen molar-refractivity contribution in [3.05, 3.63) is 12.2 Å². The number of aliphatic hydroxyl groups excluding tert-OH is 1. The van der Waals surface area contributed by atoms with Gasteiger partial charge in [0.05, 0.1) is 17.4 Å². The van der Waals surface area contributed by atoms with Crippen molar-refractivity contribution in [1.82, 2.24) is 0 Å². The molecule has 0 aromatic carbocycles. The summed E-state index contributed by atoms with van der Waals surface area (Å²) in [6.07, 6.45) is 3.67. The zero-order valence-corrected chi connectivity index (χ0v) is 14.0. The maximum atomic E-state index is 12.7. The number of carboxylic acids is 1. The summed E-state index contributed by atoms with van der Waals surface area (Å²) < 4.78 is 6.01. The third-order valence-electron chi connectivity index (χ3n) is 8.26. The molecule has 4 aliphatic carbocycles. The Labute approximate surface area is 141 Å². The van der Waals surface area contributed by atoms with Gasteiger partial charge in [-0.15, -0.1) is 0 Å². The summed E-state index contributed by atoms with van der Waals surface area (Å²) in [4.78, 5) is 25.1. The van der Waals surface area contributed by atoms with Crippen molar-refractivity contribution in [1.29, 1.82) is 0 Å². The van der Waals surface area contributed by atoms with Gasteiger partial charge in [-0.05, 0) is 56.8 Å².